The third kappa shape index (κ3) is 3.39. The third-order valence-electron chi connectivity index (χ3n) is 3.44. The number of nitrogens with zero attached hydrogens (tertiary/aromatic N) is 1. The summed E-state index contributed by atoms with van der Waals surface area (Å²) in [7, 11) is 0. The van der Waals surface area contributed by atoms with Crippen LogP contribution in [0.1, 0.15) is 35.2 Å². The van der Waals surface area contributed by atoms with E-state index in [9.17, 15) is 0 Å². The zero-order valence-corrected chi connectivity index (χ0v) is 12.4. The van der Waals surface area contributed by atoms with Gasteiger partial charge in [-0.15, -0.1) is 0 Å². The Balaban J connectivity index is 2.06. The van der Waals surface area contributed by atoms with E-state index in [-0.39, 0.29) is 6.04 Å². The van der Waals surface area contributed by atoms with E-state index in [4.69, 9.17) is 16.9 Å². The fourth-order valence-electron chi connectivity index (χ4n) is 2.21. The van der Waals surface area contributed by atoms with Crippen molar-refractivity contribution in [3.63, 3.8) is 0 Å². The van der Waals surface area contributed by atoms with Gasteiger partial charge in [0, 0.05) is 17.6 Å². The Labute approximate surface area is 125 Å². The van der Waals surface area contributed by atoms with Gasteiger partial charge in [0.15, 0.2) is 0 Å². The van der Waals surface area contributed by atoms with Crippen molar-refractivity contribution in [3.05, 3.63) is 69.7 Å². The second kappa shape index (κ2) is 6.56. The van der Waals surface area contributed by atoms with E-state index < -0.39 is 0 Å². The lowest BCUT2D eigenvalue weighted by atomic mass is 10.0. The second-order valence-electron chi connectivity index (χ2n) is 4.88. The van der Waals surface area contributed by atoms with Crippen molar-refractivity contribution in [1.29, 1.82) is 5.26 Å². The van der Waals surface area contributed by atoms with Gasteiger partial charge < -0.3 is 5.32 Å². The molecule has 0 fully saturated rings. The second-order valence-corrected chi connectivity index (χ2v) is 5.28. The molecule has 2 nitrogen and oxygen atoms in total. The summed E-state index contributed by atoms with van der Waals surface area (Å²) in [5, 5.41) is 12.9. The number of benzene rings is 2. The van der Waals surface area contributed by atoms with Gasteiger partial charge in [0.25, 0.3) is 0 Å². The van der Waals surface area contributed by atoms with Gasteiger partial charge in [-0.2, -0.15) is 5.26 Å². The molecule has 0 saturated heterocycles. The van der Waals surface area contributed by atoms with Gasteiger partial charge in [0.2, 0.25) is 0 Å². The van der Waals surface area contributed by atoms with Crippen LogP contribution in [0.15, 0.2) is 42.5 Å². The standard InChI is InChI=1S/C17H17ClN2/c1-12-5-3-4-6-16(12)13(2)20-11-15-8-7-14(10-19)9-17(15)18/h3-9,13,20H,11H2,1-2H3/t13-/m0/s1. The Morgan fingerprint density at radius 3 is 2.65 bits per heavy atom. The molecule has 0 aliphatic heterocycles. The summed E-state index contributed by atoms with van der Waals surface area (Å²) < 4.78 is 0. The summed E-state index contributed by atoms with van der Waals surface area (Å²) in [5.74, 6) is 0. The Hall–Kier alpha value is -1.82. The zero-order valence-electron chi connectivity index (χ0n) is 11.7. The maximum absolute atomic E-state index is 8.83. The van der Waals surface area contributed by atoms with Crippen molar-refractivity contribution in [2.24, 2.45) is 0 Å². The lowest BCUT2D eigenvalue weighted by Gasteiger charge is -2.17. The lowest BCUT2D eigenvalue weighted by Crippen LogP contribution is -2.19. The number of halogens is 1. The predicted octanol–water partition coefficient (Wildman–Crippen LogP) is 4.37. The summed E-state index contributed by atoms with van der Waals surface area (Å²) in [6, 6.07) is 16.1. The van der Waals surface area contributed by atoms with Crippen LogP contribution in [-0.4, -0.2) is 0 Å². The Morgan fingerprint density at radius 1 is 1.25 bits per heavy atom. The van der Waals surface area contributed by atoms with E-state index in [1.165, 1.54) is 11.1 Å². The molecule has 1 N–H and O–H groups in total. The fraction of sp³-hybridized carbons (Fsp3) is 0.235. The first-order chi connectivity index (χ1) is 9.61. The van der Waals surface area contributed by atoms with Gasteiger partial charge in [-0.05, 0) is 42.7 Å². The van der Waals surface area contributed by atoms with Crippen LogP contribution in [0.3, 0.4) is 0 Å². The van der Waals surface area contributed by atoms with E-state index in [0.29, 0.717) is 17.1 Å². The van der Waals surface area contributed by atoms with Crippen LogP contribution in [0.4, 0.5) is 0 Å². The summed E-state index contributed by atoms with van der Waals surface area (Å²) in [6.07, 6.45) is 0. The van der Waals surface area contributed by atoms with Gasteiger partial charge in [-0.25, -0.2) is 0 Å². The van der Waals surface area contributed by atoms with Gasteiger partial charge in [0.05, 0.1) is 11.6 Å². The van der Waals surface area contributed by atoms with Gasteiger partial charge in [-0.3, -0.25) is 0 Å². The Bertz CT molecular complexity index is 644. The molecule has 0 radical (unpaired) electrons. The fourth-order valence-corrected chi connectivity index (χ4v) is 2.45. The predicted molar refractivity (Wildman–Crippen MR) is 82.6 cm³/mol. The molecule has 0 spiro atoms. The van der Waals surface area contributed by atoms with Crippen molar-refractivity contribution in [2.45, 2.75) is 26.4 Å². The number of nitrogens with one attached hydrogen (secondary N) is 1. The van der Waals surface area contributed by atoms with Crippen LogP contribution >= 0.6 is 11.6 Å². The highest BCUT2D eigenvalue weighted by atomic mass is 35.5. The first kappa shape index (κ1) is 14.6. The third-order valence-corrected chi connectivity index (χ3v) is 3.79. The van der Waals surface area contributed by atoms with Crippen LogP contribution in [0.25, 0.3) is 0 Å². The molecule has 0 unspecified atom stereocenters. The van der Waals surface area contributed by atoms with E-state index in [0.717, 1.165) is 5.56 Å². The number of nitriles is 1. The zero-order chi connectivity index (χ0) is 14.5. The quantitative estimate of drug-likeness (QED) is 0.905. The van der Waals surface area contributed by atoms with Crippen molar-refractivity contribution >= 4 is 11.6 Å². The minimum Gasteiger partial charge on any atom is -0.306 e. The molecule has 0 saturated carbocycles. The molecule has 1 atom stereocenters. The van der Waals surface area contributed by atoms with Crippen molar-refractivity contribution < 1.29 is 0 Å². The Kier molecular flexibility index (Phi) is 4.79. The highest BCUT2D eigenvalue weighted by Gasteiger charge is 2.08. The SMILES string of the molecule is Cc1ccccc1[C@H](C)NCc1ccc(C#N)cc1Cl. The van der Waals surface area contributed by atoms with E-state index >= 15 is 0 Å². The number of hydrogen-bond acceptors (Lipinski definition) is 2. The van der Waals surface area contributed by atoms with E-state index in [1.807, 2.05) is 12.1 Å². The summed E-state index contributed by atoms with van der Waals surface area (Å²) >= 11 is 6.18. The summed E-state index contributed by atoms with van der Waals surface area (Å²) in [5.41, 5.74) is 4.16. The molecule has 2 aromatic carbocycles. The van der Waals surface area contributed by atoms with Crippen LogP contribution < -0.4 is 5.32 Å². The molecule has 2 aromatic rings. The molecule has 0 bridgehead atoms. The average Bonchev–Trinajstić information content (AvgIpc) is 2.46. The molecule has 0 amide bonds. The normalized spacial score (nSPS) is 11.9. The van der Waals surface area contributed by atoms with Crippen LogP contribution in [0, 0.1) is 18.3 Å². The van der Waals surface area contributed by atoms with Crippen molar-refractivity contribution in [2.75, 3.05) is 0 Å². The maximum Gasteiger partial charge on any atom is 0.0992 e. The van der Waals surface area contributed by atoms with Crippen LogP contribution in [-0.2, 0) is 6.54 Å². The molecule has 0 aliphatic carbocycles. The molecule has 2 rings (SSSR count). The summed E-state index contributed by atoms with van der Waals surface area (Å²) in [6.45, 7) is 4.93. The monoisotopic (exact) mass is 284 g/mol. The molecule has 0 aliphatic rings. The minimum absolute atomic E-state index is 0.253. The van der Waals surface area contributed by atoms with Gasteiger partial charge in [-0.1, -0.05) is 41.9 Å². The van der Waals surface area contributed by atoms with Crippen LogP contribution in [0.5, 0.6) is 0 Å². The highest BCUT2D eigenvalue weighted by Crippen LogP contribution is 2.20. The van der Waals surface area contributed by atoms with Gasteiger partial charge in [0.1, 0.15) is 0 Å². The van der Waals surface area contributed by atoms with E-state index in [1.54, 1.807) is 12.1 Å². The molecule has 3 heteroatoms. The Morgan fingerprint density at radius 2 is 2.00 bits per heavy atom. The number of hydrogen-bond donors (Lipinski definition) is 1. The van der Waals surface area contributed by atoms with Crippen LogP contribution in [0.2, 0.25) is 5.02 Å². The minimum atomic E-state index is 0.253. The van der Waals surface area contributed by atoms with Gasteiger partial charge >= 0.3 is 0 Å². The molecule has 102 valence electrons. The maximum atomic E-state index is 8.83. The molecule has 0 heterocycles. The first-order valence-corrected chi connectivity index (χ1v) is 6.97. The van der Waals surface area contributed by atoms with Crippen molar-refractivity contribution in [1.82, 2.24) is 5.32 Å². The smallest absolute Gasteiger partial charge is 0.0992 e. The highest BCUT2D eigenvalue weighted by molar-refractivity contribution is 6.31. The molecular weight excluding hydrogens is 268 g/mol. The topological polar surface area (TPSA) is 35.8 Å². The summed E-state index contributed by atoms with van der Waals surface area (Å²) in [4.78, 5) is 0. The number of aryl methyl sites for hydroxylation is 1. The molecular formula is C17H17ClN2. The van der Waals surface area contributed by atoms with Crippen molar-refractivity contribution in [3.8, 4) is 6.07 Å². The largest absolute Gasteiger partial charge is 0.306 e. The number of rotatable bonds is 4. The molecule has 20 heavy (non-hydrogen) atoms. The average molecular weight is 285 g/mol. The molecule has 0 aromatic heterocycles. The first-order valence-electron chi connectivity index (χ1n) is 6.59. The lowest BCUT2D eigenvalue weighted by molar-refractivity contribution is 0.572. The van der Waals surface area contributed by atoms with E-state index in [2.05, 4.69) is 43.4 Å².